The van der Waals surface area contributed by atoms with Gasteiger partial charge in [0, 0.05) is 36.2 Å². The summed E-state index contributed by atoms with van der Waals surface area (Å²) in [5, 5.41) is 8.99. The molecule has 2 aliphatic rings. The van der Waals surface area contributed by atoms with Gasteiger partial charge in [0.05, 0.1) is 5.69 Å². The van der Waals surface area contributed by atoms with Crippen molar-refractivity contribution in [3.63, 3.8) is 0 Å². The van der Waals surface area contributed by atoms with E-state index in [1.54, 1.807) is 0 Å². The lowest BCUT2D eigenvalue weighted by Gasteiger charge is -2.23. The van der Waals surface area contributed by atoms with Crippen LogP contribution in [0.1, 0.15) is 35.4 Å². The fourth-order valence-corrected chi connectivity index (χ4v) is 5.00. The van der Waals surface area contributed by atoms with E-state index in [4.69, 9.17) is 5.73 Å². The molecule has 1 aromatic carbocycles. The van der Waals surface area contributed by atoms with Crippen molar-refractivity contribution < 1.29 is 9.59 Å². The molecule has 1 aromatic heterocycles. The van der Waals surface area contributed by atoms with E-state index in [0.29, 0.717) is 10.6 Å². The predicted molar refractivity (Wildman–Crippen MR) is 118 cm³/mol. The van der Waals surface area contributed by atoms with Crippen molar-refractivity contribution in [2.75, 3.05) is 36.4 Å². The Labute approximate surface area is 174 Å². The Morgan fingerprint density at radius 1 is 1.17 bits per heavy atom. The van der Waals surface area contributed by atoms with Gasteiger partial charge in [-0.1, -0.05) is 12.1 Å². The molecule has 0 unspecified atom stereocenters. The zero-order valence-electron chi connectivity index (χ0n) is 16.4. The Morgan fingerprint density at radius 2 is 2.00 bits per heavy atom. The molecule has 2 fully saturated rings. The summed E-state index contributed by atoms with van der Waals surface area (Å²) in [6, 6.07) is 9.61. The van der Waals surface area contributed by atoms with E-state index < -0.39 is 6.03 Å². The Morgan fingerprint density at radius 3 is 2.72 bits per heavy atom. The van der Waals surface area contributed by atoms with E-state index in [9.17, 15) is 9.59 Å². The average Bonchev–Trinajstić information content (AvgIpc) is 3.39. The van der Waals surface area contributed by atoms with Gasteiger partial charge in [-0.05, 0) is 56.0 Å². The lowest BCUT2D eigenvalue weighted by molar-refractivity contribution is 0.0935. The molecule has 29 heavy (non-hydrogen) atoms. The molecule has 154 valence electrons. The fraction of sp³-hybridized carbons (Fsp3) is 0.429. The normalized spacial score (nSPS) is 19.2. The SMILES string of the molecule is NC(=O)Nc1cc(-c2cccc(N3CCCC3)c2)sc1C(=O)N[C@H]1CCCNC1. The van der Waals surface area contributed by atoms with Gasteiger partial charge in [-0.2, -0.15) is 0 Å². The summed E-state index contributed by atoms with van der Waals surface area (Å²) < 4.78 is 0. The molecule has 8 heteroatoms. The van der Waals surface area contributed by atoms with E-state index in [2.05, 4.69) is 33.0 Å². The van der Waals surface area contributed by atoms with Crippen LogP contribution in [-0.2, 0) is 0 Å². The Kier molecular flexibility index (Phi) is 6.01. The Bertz CT molecular complexity index is 885. The highest BCUT2D eigenvalue weighted by molar-refractivity contribution is 7.18. The monoisotopic (exact) mass is 413 g/mol. The first-order valence-corrected chi connectivity index (χ1v) is 11.0. The number of primary amides is 1. The van der Waals surface area contributed by atoms with Crippen molar-refractivity contribution in [1.29, 1.82) is 0 Å². The number of hydrogen-bond acceptors (Lipinski definition) is 5. The van der Waals surface area contributed by atoms with E-state index in [0.717, 1.165) is 49.5 Å². The predicted octanol–water partition coefficient (Wildman–Crippen LogP) is 2.99. The molecular weight excluding hydrogens is 386 g/mol. The summed E-state index contributed by atoms with van der Waals surface area (Å²) in [4.78, 5) is 28.2. The summed E-state index contributed by atoms with van der Waals surface area (Å²) in [5.41, 5.74) is 8.03. The standard InChI is InChI=1S/C21H27N5O2S/c22-21(28)25-17-12-18(14-5-3-7-16(11-14)26-9-1-2-10-26)29-19(17)20(27)24-15-6-4-8-23-13-15/h3,5,7,11-12,15,23H,1-2,4,6,8-10,13H2,(H,24,27)(H3,22,25,28)/t15-/m0/s1. The zero-order valence-corrected chi connectivity index (χ0v) is 17.2. The van der Waals surface area contributed by atoms with Crippen molar-refractivity contribution in [3.05, 3.63) is 35.2 Å². The first-order chi connectivity index (χ1) is 14.1. The highest BCUT2D eigenvalue weighted by atomic mass is 32.1. The third-order valence-electron chi connectivity index (χ3n) is 5.43. The molecule has 7 nitrogen and oxygen atoms in total. The summed E-state index contributed by atoms with van der Waals surface area (Å²) in [6.07, 6.45) is 4.43. The van der Waals surface area contributed by atoms with Gasteiger partial charge in [-0.3, -0.25) is 4.79 Å². The number of hydrogen-bond donors (Lipinski definition) is 4. The van der Waals surface area contributed by atoms with Gasteiger partial charge < -0.3 is 26.6 Å². The molecular formula is C21H27N5O2S. The molecule has 2 aliphatic heterocycles. The van der Waals surface area contributed by atoms with Gasteiger partial charge >= 0.3 is 6.03 Å². The van der Waals surface area contributed by atoms with Gasteiger partial charge in [0.15, 0.2) is 0 Å². The number of nitrogens with one attached hydrogen (secondary N) is 3. The lowest BCUT2D eigenvalue weighted by Crippen LogP contribution is -2.45. The second-order valence-electron chi connectivity index (χ2n) is 7.60. The minimum Gasteiger partial charge on any atom is -0.372 e. The molecule has 4 rings (SSSR count). The second-order valence-corrected chi connectivity index (χ2v) is 8.66. The number of carbonyl (C=O) groups is 2. The number of rotatable bonds is 5. The van der Waals surface area contributed by atoms with Gasteiger partial charge in [-0.15, -0.1) is 11.3 Å². The molecule has 0 radical (unpaired) electrons. The van der Waals surface area contributed by atoms with Crippen LogP contribution in [0.2, 0.25) is 0 Å². The van der Waals surface area contributed by atoms with Crippen LogP contribution in [0, 0.1) is 0 Å². The molecule has 0 saturated carbocycles. The molecule has 3 heterocycles. The van der Waals surface area contributed by atoms with Crippen LogP contribution in [0.3, 0.4) is 0 Å². The van der Waals surface area contributed by atoms with E-state index in [1.807, 2.05) is 18.2 Å². The van der Waals surface area contributed by atoms with Crippen molar-refractivity contribution >= 4 is 34.6 Å². The van der Waals surface area contributed by atoms with Crippen LogP contribution in [0.25, 0.3) is 10.4 Å². The fourth-order valence-electron chi connectivity index (χ4n) is 3.98. The molecule has 2 saturated heterocycles. The zero-order chi connectivity index (χ0) is 20.2. The summed E-state index contributed by atoms with van der Waals surface area (Å²) in [6.45, 7) is 3.90. The summed E-state index contributed by atoms with van der Waals surface area (Å²) >= 11 is 1.38. The van der Waals surface area contributed by atoms with Crippen molar-refractivity contribution in [3.8, 4) is 10.4 Å². The maximum atomic E-state index is 12.9. The van der Waals surface area contributed by atoms with Crippen molar-refractivity contribution in [1.82, 2.24) is 10.6 Å². The molecule has 1 atom stereocenters. The van der Waals surface area contributed by atoms with Gasteiger partial charge in [-0.25, -0.2) is 4.79 Å². The van der Waals surface area contributed by atoms with Crippen LogP contribution >= 0.6 is 11.3 Å². The number of nitrogens with zero attached hydrogens (tertiary/aromatic N) is 1. The summed E-state index contributed by atoms with van der Waals surface area (Å²) in [7, 11) is 0. The molecule has 2 aromatic rings. The third-order valence-corrected chi connectivity index (χ3v) is 6.61. The Hall–Kier alpha value is -2.58. The van der Waals surface area contributed by atoms with Gasteiger partial charge in [0.25, 0.3) is 5.91 Å². The van der Waals surface area contributed by atoms with Gasteiger partial charge in [0.1, 0.15) is 4.88 Å². The number of anilines is 2. The highest BCUT2D eigenvalue weighted by Crippen LogP contribution is 2.36. The highest BCUT2D eigenvalue weighted by Gasteiger charge is 2.22. The number of thiophene rings is 1. The number of nitrogens with two attached hydrogens (primary N) is 1. The van der Waals surface area contributed by atoms with Gasteiger partial charge in [0.2, 0.25) is 0 Å². The molecule has 3 amide bonds. The molecule has 5 N–H and O–H groups in total. The number of benzene rings is 1. The minimum atomic E-state index is -0.673. The van der Waals surface area contributed by atoms with Crippen LogP contribution in [0.4, 0.5) is 16.2 Å². The number of urea groups is 1. The maximum Gasteiger partial charge on any atom is 0.316 e. The topological polar surface area (TPSA) is 99.5 Å². The first kappa shape index (κ1) is 19.7. The molecule has 0 bridgehead atoms. The van der Waals surface area contributed by atoms with Crippen LogP contribution < -0.4 is 26.6 Å². The second kappa shape index (κ2) is 8.84. The van der Waals surface area contributed by atoms with Crippen LogP contribution in [0.5, 0.6) is 0 Å². The Balaban J connectivity index is 1.60. The first-order valence-electron chi connectivity index (χ1n) is 10.2. The van der Waals surface area contributed by atoms with Crippen LogP contribution in [-0.4, -0.2) is 44.2 Å². The van der Waals surface area contributed by atoms with Crippen molar-refractivity contribution in [2.24, 2.45) is 5.73 Å². The maximum absolute atomic E-state index is 12.9. The number of carbonyl (C=O) groups excluding carboxylic acids is 2. The minimum absolute atomic E-state index is 0.0988. The largest absolute Gasteiger partial charge is 0.372 e. The number of amides is 3. The van der Waals surface area contributed by atoms with E-state index in [-0.39, 0.29) is 11.9 Å². The van der Waals surface area contributed by atoms with E-state index in [1.165, 1.54) is 29.9 Å². The third kappa shape index (κ3) is 4.71. The molecule has 0 aliphatic carbocycles. The lowest BCUT2D eigenvalue weighted by atomic mass is 10.1. The average molecular weight is 414 g/mol. The summed E-state index contributed by atoms with van der Waals surface area (Å²) in [5.74, 6) is -0.172. The van der Waals surface area contributed by atoms with Crippen LogP contribution in [0.15, 0.2) is 30.3 Å². The number of piperidine rings is 1. The smallest absolute Gasteiger partial charge is 0.316 e. The quantitative estimate of drug-likeness (QED) is 0.605. The van der Waals surface area contributed by atoms with E-state index >= 15 is 0 Å². The van der Waals surface area contributed by atoms with Crippen molar-refractivity contribution in [2.45, 2.75) is 31.7 Å². The molecule has 0 spiro atoms.